The van der Waals surface area contributed by atoms with E-state index in [4.69, 9.17) is 9.84 Å². The summed E-state index contributed by atoms with van der Waals surface area (Å²) in [5.41, 5.74) is 5.74. The third-order valence-corrected chi connectivity index (χ3v) is 7.30. The summed E-state index contributed by atoms with van der Waals surface area (Å²) in [6.07, 6.45) is 7.05. The molecule has 0 spiro atoms. The number of cyclic esters (lactones) is 1. The fourth-order valence-electron chi connectivity index (χ4n) is 5.49. The second kappa shape index (κ2) is 8.63. The quantitative estimate of drug-likeness (QED) is 0.572. The number of ether oxygens (including phenoxy) is 1. The minimum Gasteiger partial charge on any atom is -0.447 e. The summed E-state index contributed by atoms with van der Waals surface area (Å²) >= 11 is 0. The molecule has 1 saturated heterocycles. The van der Waals surface area contributed by atoms with Crippen molar-refractivity contribution in [3.05, 3.63) is 77.1 Å². The summed E-state index contributed by atoms with van der Waals surface area (Å²) in [4.78, 5) is 29.6. The number of carbonyl (C=O) groups excluding carboxylic acids is 2. The number of amides is 2. The van der Waals surface area contributed by atoms with Crippen molar-refractivity contribution in [2.24, 2.45) is 0 Å². The van der Waals surface area contributed by atoms with Crippen LogP contribution >= 0.6 is 0 Å². The largest absolute Gasteiger partial charge is 0.447 e. The highest BCUT2D eigenvalue weighted by molar-refractivity contribution is 5.98. The van der Waals surface area contributed by atoms with E-state index in [2.05, 4.69) is 6.07 Å². The molecule has 1 aromatic heterocycles. The number of fused-ring (bicyclic) bond motifs is 1. The summed E-state index contributed by atoms with van der Waals surface area (Å²) < 4.78 is 7.03. The van der Waals surface area contributed by atoms with Crippen molar-refractivity contribution in [1.29, 1.82) is 0 Å². The number of para-hydroxylation sites is 1. The van der Waals surface area contributed by atoms with Gasteiger partial charge < -0.3 is 9.64 Å². The molecule has 0 bridgehead atoms. The Morgan fingerprint density at radius 1 is 1.00 bits per heavy atom. The van der Waals surface area contributed by atoms with Crippen LogP contribution in [0.15, 0.2) is 54.7 Å². The van der Waals surface area contributed by atoms with Gasteiger partial charge in [0.2, 0.25) is 0 Å². The van der Waals surface area contributed by atoms with Gasteiger partial charge in [0, 0.05) is 42.5 Å². The van der Waals surface area contributed by atoms with Crippen LogP contribution in [0.5, 0.6) is 0 Å². The number of benzene rings is 2. The molecular weight excluding hydrogens is 428 g/mol. The van der Waals surface area contributed by atoms with Crippen molar-refractivity contribution < 1.29 is 14.3 Å². The van der Waals surface area contributed by atoms with Gasteiger partial charge in [0.05, 0.1) is 17.9 Å². The predicted octanol–water partition coefficient (Wildman–Crippen LogP) is 4.69. The Balaban J connectivity index is 1.30. The Hall–Kier alpha value is -3.61. The Morgan fingerprint density at radius 3 is 2.59 bits per heavy atom. The maximum Gasteiger partial charge on any atom is 0.414 e. The monoisotopic (exact) mass is 456 g/mol. The topological polar surface area (TPSA) is 67.7 Å². The minimum absolute atomic E-state index is 0.0365. The first-order valence-corrected chi connectivity index (χ1v) is 12.2. The molecule has 0 N–H and O–H groups in total. The Kier molecular flexibility index (Phi) is 5.32. The van der Waals surface area contributed by atoms with Gasteiger partial charge in [-0.3, -0.25) is 9.69 Å². The van der Waals surface area contributed by atoms with Gasteiger partial charge in [-0.15, -0.1) is 0 Å². The molecule has 2 fully saturated rings. The molecule has 7 heteroatoms. The fourth-order valence-corrected chi connectivity index (χ4v) is 5.49. The van der Waals surface area contributed by atoms with Crippen molar-refractivity contribution in [1.82, 2.24) is 14.7 Å². The molecule has 7 nitrogen and oxygen atoms in total. The van der Waals surface area contributed by atoms with E-state index in [1.165, 1.54) is 12.8 Å². The second-order valence-electron chi connectivity index (χ2n) is 9.38. The third kappa shape index (κ3) is 3.75. The second-order valence-corrected chi connectivity index (χ2v) is 9.38. The normalized spacial score (nSPS) is 18.3. The Morgan fingerprint density at radius 2 is 1.82 bits per heavy atom. The van der Waals surface area contributed by atoms with Crippen molar-refractivity contribution in [3.63, 3.8) is 0 Å². The van der Waals surface area contributed by atoms with Crippen LogP contribution in [0.4, 0.5) is 10.5 Å². The third-order valence-electron chi connectivity index (χ3n) is 7.30. The van der Waals surface area contributed by atoms with E-state index in [1.54, 1.807) is 4.90 Å². The van der Waals surface area contributed by atoms with Gasteiger partial charge in [0.25, 0.3) is 5.91 Å². The molecule has 34 heavy (non-hydrogen) atoms. The van der Waals surface area contributed by atoms with Crippen molar-refractivity contribution in [3.8, 4) is 5.69 Å². The highest BCUT2D eigenvalue weighted by Gasteiger charge is 2.31. The molecule has 1 aliphatic carbocycles. The van der Waals surface area contributed by atoms with Crippen LogP contribution in [0, 0.1) is 0 Å². The SMILES string of the molecule is O=C(c1cc(N2CCOC2=O)ccc1C1CCCC1)N1CCc2nn(-c3ccccc3)cc2C1. The van der Waals surface area contributed by atoms with Gasteiger partial charge in [-0.2, -0.15) is 5.10 Å². The maximum atomic E-state index is 13.9. The van der Waals surface area contributed by atoms with Crippen LogP contribution in [-0.2, 0) is 17.7 Å². The first kappa shape index (κ1) is 21.0. The number of nitrogens with zero attached hydrogens (tertiary/aromatic N) is 4. The zero-order valence-corrected chi connectivity index (χ0v) is 19.2. The molecule has 0 atom stereocenters. The van der Waals surface area contributed by atoms with Crippen LogP contribution in [0.1, 0.15) is 58.8 Å². The highest BCUT2D eigenvalue weighted by atomic mass is 16.6. The molecule has 2 aliphatic heterocycles. The van der Waals surface area contributed by atoms with Gasteiger partial charge in [-0.05, 0) is 48.6 Å². The van der Waals surface area contributed by atoms with E-state index in [0.717, 1.165) is 53.0 Å². The van der Waals surface area contributed by atoms with Gasteiger partial charge in [0.1, 0.15) is 6.61 Å². The summed E-state index contributed by atoms with van der Waals surface area (Å²) in [6, 6.07) is 16.0. The van der Waals surface area contributed by atoms with Crippen LogP contribution in [0.25, 0.3) is 5.69 Å². The molecule has 3 aliphatic rings. The molecule has 0 unspecified atom stereocenters. The molecule has 2 aromatic carbocycles. The summed E-state index contributed by atoms with van der Waals surface area (Å²) in [6.45, 7) is 2.08. The molecule has 2 amide bonds. The zero-order chi connectivity index (χ0) is 23.1. The standard InChI is InChI=1S/C27H28N4O3/c32-26(29-13-12-25-20(17-29)18-31(28-25)21-8-2-1-3-9-21)24-16-22(30-14-15-34-27(30)33)10-11-23(24)19-6-4-5-7-19/h1-3,8-11,16,18-19H,4-7,12-15,17H2. The lowest BCUT2D eigenvalue weighted by Gasteiger charge is -2.28. The summed E-state index contributed by atoms with van der Waals surface area (Å²) in [5, 5.41) is 4.76. The summed E-state index contributed by atoms with van der Waals surface area (Å²) in [7, 11) is 0. The average Bonchev–Trinajstić information content (AvgIpc) is 3.64. The fraction of sp³-hybridized carbons (Fsp3) is 0.370. The number of rotatable bonds is 4. The average molecular weight is 457 g/mol. The first-order chi connectivity index (χ1) is 16.7. The number of anilines is 1. The van der Waals surface area contributed by atoms with E-state index < -0.39 is 0 Å². The lowest BCUT2D eigenvalue weighted by molar-refractivity contribution is 0.0732. The minimum atomic E-state index is -0.344. The molecule has 3 heterocycles. The van der Waals surface area contributed by atoms with E-state index in [0.29, 0.717) is 32.2 Å². The predicted molar refractivity (Wildman–Crippen MR) is 128 cm³/mol. The van der Waals surface area contributed by atoms with E-state index in [1.807, 2.05) is 58.2 Å². The van der Waals surface area contributed by atoms with Gasteiger partial charge in [-0.25, -0.2) is 9.48 Å². The zero-order valence-electron chi connectivity index (χ0n) is 19.2. The molecule has 6 rings (SSSR count). The van der Waals surface area contributed by atoms with Crippen LogP contribution < -0.4 is 4.90 Å². The highest BCUT2D eigenvalue weighted by Crippen LogP contribution is 2.38. The first-order valence-electron chi connectivity index (χ1n) is 12.2. The maximum absolute atomic E-state index is 13.9. The van der Waals surface area contributed by atoms with Crippen LogP contribution in [0.2, 0.25) is 0 Å². The lowest BCUT2D eigenvalue weighted by Crippen LogP contribution is -2.36. The van der Waals surface area contributed by atoms with Crippen molar-refractivity contribution in [2.75, 3.05) is 24.6 Å². The van der Waals surface area contributed by atoms with Gasteiger partial charge >= 0.3 is 6.09 Å². The van der Waals surface area contributed by atoms with E-state index in [-0.39, 0.29) is 12.0 Å². The molecule has 0 radical (unpaired) electrons. The van der Waals surface area contributed by atoms with Crippen LogP contribution in [0.3, 0.4) is 0 Å². The number of hydrogen-bond acceptors (Lipinski definition) is 4. The Bertz CT molecular complexity index is 1230. The van der Waals surface area contributed by atoms with Gasteiger partial charge in [0.15, 0.2) is 0 Å². The molecular formula is C27H28N4O3. The van der Waals surface area contributed by atoms with Gasteiger partial charge in [-0.1, -0.05) is 37.1 Å². The summed E-state index contributed by atoms with van der Waals surface area (Å²) in [5.74, 6) is 0.439. The smallest absolute Gasteiger partial charge is 0.414 e. The molecule has 1 saturated carbocycles. The number of carbonyl (C=O) groups is 2. The Labute approximate surface area is 198 Å². The van der Waals surface area contributed by atoms with E-state index >= 15 is 0 Å². The lowest BCUT2D eigenvalue weighted by atomic mass is 9.91. The van der Waals surface area contributed by atoms with Crippen molar-refractivity contribution >= 4 is 17.7 Å². The number of hydrogen-bond donors (Lipinski definition) is 0. The molecule has 174 valence electrons. The van der Waals surface area contributed by atoms with E-state index in [9.17, 15) is 9.59 Å². The number of aromatic nitrogens is 2. The van der Waals surface area contributed by atoms with Crippen LogP contribution in [-0.4, -0.2) is 46.4 Å². The van der Waals surface area contributed by atoms with Crippen molar-refractivity contribution in [2.45, 2.75) is 44.6 Å². The molecule has 3 aromatic rings.